The predicted octanol–water partition coefficient (Wildman–Crippen LogP) is 3.67. The highest BCUT2D eigenvalue weighted by Gasteiger charge is 2.14. The molecule has 2 N–H and O–H groups in total. The fraction of sp³-hybridized carbons (Fsp3) is 0.150. The summed E-state index contributed by atoms with van der Waals surface area (Å²) in [7, 11) is 0. The summed E-state index contributed by atoms with van der Waals surface area (Å²) in [5, 5.41) is 5.36. The van der Waals surface area contributed by atoms with Crippen molar-refractivity contribution in [3.8, 4) is 11.5 Å². The molecule has 30 heavy (non-hydrogen) atoms. The van der Waals surface area contributed by atoms with Gasteiger partial charge in [-0.15, -0.1) is 0 Å². The minimum absolute atomic E-state index is 0.361. The van der Waals surface area contributed by atoms with Crippen LogP contribution in [0.15, 0.2) is 42.5 Å². The number of imide groups is 1. The third-order valence-electron chi connectivity index (χ3n) is 3.76. The molecule has 10 heteroatoms. The average molecular weight is 451 g/mol. The van der Waals surface area contributed by atoms with Crippen LogP contribution in [0.5, 0.6) is 11.5 Å². The lowest BCUT2D eigenvalue weighted by Gasteiger charge is -2.19. The zero-order valence-electron chi connectivity index (χ0n) is 15.4. The van der Waals surface area contributed by atoms with E-state index in [1.807, 2.05) is 0 Å². The molecule has 156 valence electrons. The van der Waals surface area contributed by atoms with E-state index in [2.05, 4.69) is 10.6 Å². The van der Waals surface area contributed by atoms with Gasteiger partial charge in [0.2, 0.25) is 0 Å². The molecule has 2 aromatic carbocycles. The largest absolute Gasteiger partial charge is 0.486 e. The van der Waals surface area contributed by atoms with Gasteiger partial charge < -0.3 is 19.5 Å². The van der Waals surface area contributed by atoms with Crippen molar-refractivity contribution >= 4 is 52.9 Å². The van der Waals surface area contributed by atoms with Gasteiger partial charge in [-0.1, -0.05) is 29.3 Å². The van der Waals surface area contributed by atoms with Crippen LogP contribution >= 0.6 is 23.2 Å². The molecule has 0 spiro atoms. The molecule has 0 fully saturated rings. The van der Waals surface area contributed by atoms with E-state index in [-0.39, 0.29) is 0 Å². The van der Waals surface area contributed by atoms with E-state index in [1.165, 1.54) is 12.1 Å². The minimum atomic E-state index is -0.795. The quantitative estimate of drug-likeness (QED) is 0.531. The first kappa shape index (κ1) is 21.5. The van der Waals surface area contributed by atoms with Gasteiger partial charge in [0, 0.05) is 27.9 Å². The maximum Gasteiger partial charge on any atom is 0.331 e. The molecule has 1 aliphatic heterocycles. The van der Waals surface area contributed by atoms with Crippen LogP contribution in [0.1, 0.15) is 5.56 Å². The highest BCUT2D eigenvalue weighted by atomic mass is 35.5. The number of hydrogen-bond acceptors (Lipinski definition) is 6. The number of amides is 3. The van der Waals surface area contributed by atoms with Crippen molar-refractivity contribution in [1.29, 1.82) is 0 Å². The van der Waals surface area contributed by atoms with E-state index in [9.17, 15) is 14.4 Å². The molecule has 0 aromatic heterocycles. The van der Waals surface area contributed by atoms with Crippen LogP contribution in [0.3, 0.4) is 0 Å². The van der Waals surface area contributed by atoms with E-state index in [0.29, 0.717) is 46.0 Å². The number of anilines is 1. The lowest BCUT2D eigenvalue weighted by molar-refractivity contribution is -0.143. The van der Waals surface area contributed by atoms with Crippen LogP contribution in [-0.2, 0) is 14.3 Å². The molecule has 3 amide bonds. The lowest BCUT2D eigenvalue weighted by Crippen LogP contribution is -2.37. The number of rotatable bonds is 5. The summed E-state index contributed by atoms with van der Waals surface area (Å²) in [4.78, 5) is 35.4. The second kappa shape index (κ2) is 10.00. The Labute approximate surface area is 181 Å². The minimum Gasteiger partial charge on any atom is -0.486 e. The molecule has 0 atom stereocenters. The van der Waals surface area contributed by atoms with Crippen LogP contribution in [0.25, 0.3) is 6.08 Å². The number of carbonyl (C=O) groups excluding carboxylic acids is 3. The molecular formula is C20H16Cl2N2O6. The maximum absolute atomic E-state index is 11.9. The molecular weight excluding hydrogens is 435 g/mol. The zero-order chi connectivity index (χ0) is 21.5. The molecule has 1 heterocycles. The molecule has 1 aliphatic rings. The van der Waals surface area contributed by atoms with Crippen LogP contribution < -0.4 is 20.1 Å². The summed E-state index contributed by atoms with van der Waals surface area (Å²) in [6.45, 7) is 0.229. The van der Waals surface area contributed by atoms with Gasteiger partial charge in [0.05, 0.1) is 0 Å². The number of hydrogen-bond donors (Lipinski definition) is 2. The number of fused-ring (bicyclic) bond motifs is 1. The summed E-state index contributed by atoms with van der Waals surface area (Å²) >= 11 is 11.8. The third-order valence-corrected chi connectivity index (χ3v) is 4.32. The van der Waals surface area contributed by atoms with Gasteiger partial charge in [0.1, 0.15) is 13.2 Å². The van der Waals surface area contributed by atoms with E-state index in [4.69, 9.17) is 37.4 Å². The van der Waals surface area contributed by atoms with Crippen molar-refractivity contribution in [2.45, 2.75) is 0 Å². The van der Waals surface area contributed by atoms with Crippen molar-refractivity contribution in [3.63, 3.8) is 0 Å². The molecule has 8 nitrogen and oxygen atoms in total. The highest BCUT2D eigenvalue weighted by Crippen LogP contribution is 2.32. The summed E-state index contributed by atoms with van der Waals surface area (Å²) in [6, 6.07) is 8.82. The standard InChI is InChI=1S/C20H16Cl2N2O6/c21-13-3-1-12(15(22)9-13)2-6-19(26)30-11-18(25)24-20(27)23-14-4-5-16-17(10-14)29-8-7-28-16/h1-6,9-10H,7-8,11H2,(H2,23,24,25,27). The van der Waals surface area contributed by atoms with Crippen LogP contribution in [0.2, 0.25) is 10.0 Å². The Kier molecular flexibility index (Phi) is 7.16. The summed E-state index contributed by atoms with van der Waals surface area (Å²) in [5.74, 6) is -0.505. The monoisotopic (exact) mass is 450 g/mol. The van der Waals surface area contributed by atoms with Gasteiger partial charge in [-0.25, -0.2) is 9.59 Å². The molecule has 2 aromatic rings. The first-order valence-electron chi connectivity index (χ1n) is 8.71. The van der Waals surface area contributed by atoms with Gasteiger partial charge >= 0.3 is 12.0 Å². The number of carbonyl (C=O) groups is 3. The first-order chi connectivity index (χ1) is 14.4. The third kappa shape index (κ3) is 6.13. The number of esters is 1. The molecule has 0 aliphatic carbocycles. The van der Waals surface area contributed by atoms with Crippen molar-refractivity contribution in [1.82, 2.24) is 5.32 Å². The number of urea groups is 1. The van der Waals surface area contributed by atoms with Crippen molar-refractivity contribution in [3.05, 3.63) is 58.1 Å². The Bertz CT molecular complexity index is 1010. The smallest absolute Gasteiger partial charge is 0.331 e. The Morgan fingerprint density at radius 2 is 1.80 bits per heavy atom. The summed E-state index contributed by atoms with van der Waals surface area (Å²) in [6.07, 6.45) is 2.53. The molecule has 0 saturated carbocycles. The summed E-state index contributed by atoms with van der Waals surface area (Å²) in [5.41, 5.74) is 0.964. The van der Waals surface area contributed by atoms with Gasteiger partial charge in [-0.3, -0.25) is 10.1 Å². The van der Waals surface area contributed by atoms with E-state index >= 15 is 0 Å². The Morgan fingerprint density at radius 3 is 2.57 bits per heavy atom. The van der Waals surface area contributed by atoms with Crippen LogP contribution in [0, 0.1) is 0 Å². The van der Waals surface area contributed by atoms with Crippen molar-refractivity contribution in [2.75, 3.05) is 25.1 Å². The Morgan fingerprint density at radius 1 is 1.03 bits per heavy atom. The normalized spacial score (nSPS) is 12.3. The Balaban J connectivity index is 1.44. The molecule has 0 radical (unpaired) electrons. The topological polar surface area (TPSA) is 103 Å². The molecule has 3 rings (SSSR count). The second-order valence-corrected chi connectivity index (χ2v) is 6.81. The van der Waals surface area contributed by atoms with E-state index in [1.54, 1.807) is 30.3 Å². The molecule has 0 bridgehead atoms. The van der Waals surface area contributed by atoms with E-state index in [0.717, 1.165) is 6.08 Å². The van der Waals surface area contributed by atoms with Gasteiger partial charge in [-0.05, 0) is 35.9 Å². The average Bonchev–Trinajstić information content (AvgIpc) is 2.71. The zero-order valence-corrected chi connectivity index (χ0v) is 17.0. The number of nitrogens with one attached hydrogen (secondary N) is 2. The number of benzene rings is 2. The van der Waals surface area contributed by atoms with Crippen LogP contribution in [0.4, 0.5) is 10.5 Å². The number of ether oxygens (including phenoxy) is 3. The first-order valence-corrected chi connectivity index (χ1v) is 9.46. The van der Waals surface area contributed by atoms with Crippen molar-refractivity contribution < 1.29 is 28.6 Å². The number of halogens is 2. The maximum atomic E-state index is 11.9. The highest BCUT2D eigenvalue weighted by molar-refractivity contribution is 6.35. The second-order valence-electron chi connectivity index (χ2n) is 5.97. The SMILES string of the molecule is O=C(COC(=O)C=Cc1ccc(Cl)cc1Cl)NC(=O)Nc1ccc2c(c1)OCCO2. The fourth-order valence-corrected chi connectivity index (χ4v) is 2.90. The Hall–Kier alpha value is -3.23. The fourth-order valence-electron chi connectivity index (χ4n) is 2.43. The lowest BCUT2D eigenvalue weighted by atomic mass is 10.2. The predicted molar refractivity (Wildman–Crippen MR) is 111 cm³/mol. The van der Waals surface area contributed by atoms with Crippen LogP contribution in [-0.4, -0.2) is 37.7 Å². The summed E-state index contributed by atoms with van der Waals surface area (Å²) < 4.78 is 15.6. The van der Waals surface area contributed by atoms with Gasteiger partial charge in [0.25, 0.3) is 5.91 Å². The van der Waals surface area contributed by atoms with Crippen molar-refractivity contribution in [2.24, 2.45) is 0 Å². The van der Waals surface area contributed by atoms with E-state index < -0.39 is 24.5 Å². The molecule has 0 unspecified atom stereocenters. The van der Waals surface area contributed by atoms with Gasteiger partial charge in [0.15, 0.2) is 18.1 Å². The molecule has 0 saturated heterocycles. The van der Waals surface area contributed by atoms with Gasteiger partial charge in [-0.2, -0.15) is 0 Å².